The molecule has 1 aromatic heterocycles. The molecule has 1 aromatic carbocycles. The summed E-state index contributed by atoms with van der Waals surface area (Å²) >= 11 is 0. The molecule has 5 heteroatoms. The number of nitrogens with zero attached hydrogens (tertiary/aromatic N) is 3. The lowest BCUT2D eigenvalue weighted by Gasteiger charge is -2.31. The molecule has 128 valence electrons. The molecular formula is C19H25N3O2. The summed E-state index contributed by atoms with van der Waals surface area (Å²) in [6.07, 6.45) is 2.57. The maximum Gasteiger partial charge on any atom is 0.231 e. The summed E-state index contributed by atoms with van der Waals surface area (Å²) in [5.74, 6) is 2.02. The van der Waals surface area contributed by atoms with Gasteiger partial charge < -0.3 is 9.42 Å². The molecule has 1 aliphatic heterocycles. The van der Waals surface area contributed by atoms with Gasteiger partial charge in [0.05, 0.1) is 5.92 Å². The minimum Gasteiger partial charge on any atom is -0.342 e. The molecule has 1 fully saturated rings. The standard InChI is InChI=1S/C19H25N3O2/c1-13(2)10-17(23)22-9-5-8-16(12-22)19-20-18(21-24-19)15-7-4-6-14(3)11-15/h4,6-7,11,13,16H,5,8-10,12H2,1-3H3. The fraction of sp³-hybridized carbons (Fsp3) is 0.526. The monoisotopic (exact) mass is 327 g/mol. The second-order valence-electron chi connectivity index (χ2n) is 7.10. The number of aryl methyl sites for hydroxylation is 1. The smallest absolute Gasteiger partial charge is 0.231 e. The van der Waals surface area contributed by atoms with Crippen LogP contribution in [0.5, 0.6) is 0 Å². The van der Waals surface area contributed by atoms with Crippen molar-refractivity contribution in [2.75, 3.05) is 13.1 Å². The van der Waals surface area contributed by atoms with Gasteiger partial charge in [-0.25, -0.2) is 0 Å². The topological polar surface area (TPSA) is 59.2 Å². The Kier molecular flexibility index (Phi) is 4.97. The Morgan fingerprint density at radius 2 is 2.25 bits per heavy atom. The van der Waals surface area contributed by atoms with E-state index in [1.165, 1.54) is 5.56 Å². The second kappa shape index (κ2) is 7.16. The Hall–Kier alpha value is -2.17. The van der Waals surface area contributed by atoms with Crippen molar-refractivity contribution < 1.29 is 9.32 Å². The number of benzene rings is 1. The van der Waals surface area contributed by atoms with Crippen LogP contribution in [0.2, 0.25) is 0 Å². The van der Waals surface area contributed by atoms with Crippen molar-refractivity contribution in [3.63, 3.8) is 0 Å². The number of rotatable bonds is 4. The lowest BCUT2D eigenvalue weighted by Crippen LogP contribution is -2.39. The zero-order chi connectivity index (χ0) is 17.1. The van der Waals surface area contributed by atoms with E-state index in [0.717, 1.165) is 24.9 Å². The predicted octanol–water partition coefficient (Wildman–Crippen LogP) is 3.80. The van der Waals surface area contributed by atoms with E-state index in [-0.39, 0.29) is 11.8 Å². The van der Waals surface area contributed by atoms with Crippen LogP contribution in [0.1, 0.15) is 50.5 Å². The Morgan fingerprint density at radius 3 is 3.00 bits per heavy atom. The molecule has 24 heavy (non-hydrogen) atoms. The molecule has 1 amide bonds. The SMILES string of the molecule is Cc1cccc(-c2noc(C3CCCN(C(=O)CC(C)C)C3)n2)c1. The van der Waals surface area contributed by atoms with Crippen molar-refractivity contribution in [2.24, 2.45) is 5.92 Å². The first kappa shape index (κ1) is 16.7. The summed E-state index contributed by atoms with van der Waals surface area (Å²) in [5, 5.41) is 4.13. The van der Waals surface area contributed by atoms with E-state index < -0.39 is 0 Å². The molecule has 0 N–H and O–H groups in total. The van der Waals surface area contributed by atoms with Gasteiger partial charge in [-0.15, -0.1) is 0 Å². The lowest BCUT2D eigenvalue weighted by molar-refractivity contribution is -0.133. The van der Waals surface area contributed by atoms with E-state index in [2.05, 4.69) is 24.0 Å². The van der Waals surface area contributed by atoms with Gasteiger partial charge in [0.15, 0.2) is 0 Å². The first-order valence-electron chi connectivity index (χ1n) is 8.71. The zero-order valence-corrected chi connectivity index (χ0v) is 14.7. The van der Waals surface area contributed by atoms with Crippen LogP contribution in [0.3, 0.4) is 0 Å². The van der Waals surface area contributed by atoms with Crippen LogP contribution >= 0.6 is 0 Å². The Balaban J connectivity index is 1.71. The molecule has 1 aliphatic rings. The molecule has 5 nitrogen and oxygen atoms in total. The van der Waals surface area contributed by atoms with Gasteiger partial charge >= 0.3 is 0 Å². The van der Waals surface area contributed by atoms with E-state index in [0.29, 0.717) is 30.6 Å². The van der Waals surface area contributed by atoms with Crippen LogP contribution in [0, 0.1) is 12.8 Å². The minimum absolute atomic E-state index is 0.140. The molecule has 0 radical (unpaired) electrons. The highest BCUT2D eigenvalue weighted by Crippen LogP contribution is 2.28. The third kappa shape index (κ3) is 3.83. The summed E-state index contributed by atoms with van der Waals surface area (Å²) in [6.45, 7) is 7.71. The molecule has 0 bridgehead atoms. The number of aromatic nitrogens is 2. The van der Waals surface area contributed by atoms with Crippen LogP contribution in [-0.2, 0) is 4.79 Å². The van der Waals surface area contributed by atoms with Crippen molar-refractivity contribution in [1.82, 2.24) is 15.0 Å². The summed E-state index contributed by atoms with van der Waals surface area (Å²) in [6, 6.07) is 8.08. The average Bonchev–Trinajstić information content (AvgIpc) is 3.04. The maximum atomic E-state index is 12.3. The van der Waals surface area contributed by atoms with Gasteiger partial charge in [0, 0.05) is 25.1 Å². The normalized spacial score (nSPS) is 18.2. The van der Waals surface area contributed by atoms with Crippen LogP contribution in [-0.4, -0.2) is 34.0 Å². The number of likely N-dealkylation sites (tertiary alicyclic amines) is 1. The van der Waals surface area contributed by atoms with Crippen LogP contribution in [0.25, 0.3) is 11.4 Å². The second-order valence-corrected chi connectivity index (χ2v) is 7.10. The van der Waals surface area contributed by atoms with Gasteiger partial charge in [-0.2, -0.15) is 4.98 Å². The third-order valence-corrected chi connectivity index (χ3v) is 4.42. The van der Waals surface area contributed by atoms with E-state index in [4.69, 9.17) is 4.52 Å². The molecule has 0 saturated carbocycles. The quantitative estimate of drug-likeness (QED) is 0.857. The average molecular weight is 327 g/mol. The van der Waals surface area contributed by atoms with Crippen molar-refractivity contribution in [3.05, 3.63) is 35.7 Å². The zero-order valence-electron chi connectivity index (χ0n) is 14.7. The first-order chi connectivity index (χ1) is 11.5. The van der Waals surface area contributed by atoms with E-state index in [1.807, 2.05) is 36.1 Å². The number of amides is 1. The highest BCUT2D eigenvalue weighted by atomic mass is 16.5. The van der Waals surface area contributed by atoms with Gasteiger partial charge in [-0.3, -0.25) is 4.79 Å². The van der Waals surface area contributed by atoms with Crippen LogP contribution in [0.4, 0.5) is 0 Å². The minimum atomic E-state index is 0.140. The molecule has 1 saturated heterocycles. The van der Waals surface area contributed by atoms with Crippen molar-refractivity contribution in [1.29, 1.82) is 0 Å². The molecule has 0 aliphatic carbocycles. The molecular weight excluding hydrogens is 302 g/mol. The Bertz CT molecular complexity index is 708. The van der Waals surface area contributed by atoms with E-state index >= 15 is 0 Å². The molecule has 1 unspecified atom stereocenters. The van der Waals surface area contributed by atoms with Crippen LogP contribution < -0.4 is 0 Å². The van der Waals surface area contributed by atoms with Gasteiger partial charge in [-0.1, -0.05) is 42.8 Å². The fourth-order valence-corrected chi connectivity index (χ4v) is 3.19. The number of carbonyl (C=O) groups excluding carboxylic acids is 1. The van der Waals surface area contributed by atoms with Crippen molar-refractivity contribution in [2.45, 2.75) is 46.0 Å². The van der Waals surface area contributed by atoms with E-state index in [9.17, 15) is 4.79 Å². The van der Waals surface area contributed by atoms with Gasteiger partial charge in [0.25, 0.3) is 0 Å². The lowest BCUT2D eigenvalue weighted by atomic mass is 9.97. The van der Waals surface area contributed by atoms with Crippen LogP contribution in [0.15, 0.2) is 28.8 Å². The molecule has 0 spiro atoms. The summed E-state index contributed by atoms with van der Waals surface area (Å²) in [4.78, 5) is 18.8. The fourth-order valence-electron chi connectivity index (χ4n) is 3.19. The maximum absolute atomic E-state index is 12.3. The first-order valence-corrected chi connectivity index (χ1v) is 8.71. The number of hydrogen-bond donors (Lipinski definition) is 0. The molecule has 2 heterocycles. The van der Waals surface area contributed by atoms with E-state index in [1.54, 1.807) is 0 Å². The number of carbonyl (C=O) groups is 1. The number of hydrogen-bond acceptors (Lipinski definition) is 4. The van der Waals surface area contributed by atoms with Gasteiger partial charge in [0.1, 0.15) is 0 Å². The summed E-state index contributed by atoms with van der Waals surface area (Å²) < 4.78 is 5.51. The van der Waals surface area contributed by atoms with Gasteiger partial charge in [0.2, 0.25) is 17.6 Å². The predicted molar refractivity (Wildman–Crippen MR) is 92.5 cm³/mol. The third-order valence-electron chi connectivity index (χ3n) is 4.42. The highest BCUT2D eigenvalue weighted by Gasteiger charge is 2.28. The largest absolute Gasteiger partial charge is 0.342 e. The molecule has 2 aromatic rings. The van der Waals surface area contributed by atoms with Crippen molar-refractivity contribution in [3.8, 4) is 11.4 Å². The van der Waals surface area contributed by atoms with Crippen molar-refractivity contribution >= 4 is 5.91 Å². The summed E-state index contributed by atoms with van der Waals surface area (Å²) in [5.41, 5.74) is 2.13. The highest BCUT2D eigenvalue weighted by molar-refractivity contribution is 5.76. The number of piperidine rings is 1. The Morgan fingerprint density at radius 1 is 1.42 bits per heavy atom. The Labute approximate surface area is 143 Å². The summed E-state index contributed by atoms with van der Waals surface area (Å²) in [7, 11) is 0. The molecule has 3 rings (SSSR count). The van der Waals surface area contributed by atoms with Gasteiger partial charge in [-0.05, 0) is 31.7 Å². The molecule has 1 atom stereocenters.